The summed E-state index contributed by atoms with van der Waals surface area (Å²) in [6, 6.07) is 4.50. The van der Waals surface area contributed by atoms with Crippen LogP contribution in [0.4, 0.5) is 13.2 Å². The van der Waals surface area contributed by atoms with Crippen LogP contribution in [-0.2, 0) is 11.0 Å². The van der Waals surface area contributed by atoms with Gasteiger partial charge in [0.15, 0.2) is 0 Å². The summed E-state index contributed by atoms with van der Waals surface area (Å²) in [5.74, 6) is -1.91. The van der Waals surface area contributed by atoms with Gasteiger partial charge in [0.2, 0.25) is 0 Å². The van der Waals surface area contributed by atoms with Gasteiger partial charge >= 0.3 is 12.1 Å². The smallest absolute Gasteiger partial charge is 0.416 e. The lowest BCUT2D eigenvalue weighted by atomic mass is 9.89. The molecule has 1 aromatic carbocycles. The first-order chi connectivity index (χ1) is 15.6. The van der Waals surface area contributed by atoms with Crippen molar-refractivity contribution in [2.45, 2.75) is 50.5 Å². The van der Waals surface area contributed by atoms with Crippen molar-refractivity contribution >= 4 is 5.97 Å². The van der Waals surface area contributed by atoms with Crippen molar-refractivity contribution in [1.82, 2.24) is 0 Å². The Balaban J connectivity index is 1.93. The van der Waals surface area contributed by atoms with E-state index >= 15 is 0 Å². The number of benzene rings is 1. The third kappa shape index (κ3) is 8.83. The average molecular weight is 473 g/mol. The Morgan fingerprint density at radius 3 is 2.64 bits per heavy atom. The highest BCUT2D eigenvalue weighted by Gasteiger charge is 2.39. The highest BCUT2D eigenvalue weighted by Crippen LogP contribution is 2.36. The van der Waals surface area contributed by atoms with Crippen LogP contribution in [0.15, 0.2) is 48.6 Å². The van der Waals surface area contributed by atoms with Crippen LogP contribution in [0, 0.1) is 17.8 Å². The second kappa shape index (κ2) is 12.8. The van der Waals surface area contributed by atoms with Crippen LogP contribution >= 0.6 is 0 Å². The molecule has 0 bridgehead atoms. The molecule has 9 heteroatoms. The van der Waals surface area contributed by atoms with Crippen LogP contribution in [0.2, 0.25) is 0 Å². The molecule has 1 unspecified atom stereocenters. The zero-order chi connectivity index (χ0) is 24.4. The lowest BCUT2D eigenvalue weighted by Gasteiger charge is -2.20. The van der Waals surface area contributed by atoms with Gasteiger partial charge in [-0.05, 0) is 43.4 Å². The number of halogens is 3. The van der Waals surface area contributed by atoms with Crippen LogP contribution in [-0.4, -0.2) is 51.8 Å². The van der Waals surface area contributed by atoms with Gasteiger partial charge < -0.3 is 25.2 Å². The first kappa shape index (κ1) is 26.9. The quantitative estimate of drug-likeness (QED) is 0.272. The van der Waals surface area contributed by atoms with E-state index in [1.54, 1.807) is 12.2 Å². The zero-order valence-electron chi connectivity index (χ0n) is 18.2. The Morgan fingerprint density at radius 1 is 1.21 bits per heavy atom. The van der Waals surface area contributed by atoms with Crippen molar-refractivity contribution in [3.05, 3.63) is 54.1 Å². The summed E-state index contributed by atoms with van der Waals surface area (Å²) in [7, 11) is 0. The predicted octanol–water partition coefficient (Wildman–Crippen LogP) is 3.81. The minimum Gasteiger partial charge on any atom is -0.493 e. The topological polar surface area (TPSA) is 107 Å². The van der Waals surface area contributed by atoms with Crippen molar-refractivity contribution in [1.29, 1.82) is 0 Å². The standard InChI is InChI=1S/C24H31F3O6/c25-24(26,27)17-6-5-7-18(12-17)33-15-16(14-28)10-11-20-19(21(29)13-22(20)30)8-3-1-2-4-9-23(31)32/h1,3,5-7,10-12,16,19-22,28-30H,2,4,8-9,13-15H2,(H,31,32)/b3-1-,11-10+/t16-,19+,20?,21-,22+/m0/s1. The SMILES string of the molecule is O=C(O)CCC/C=C\C[C@@H]1C(/C=C/[C@@H](CO)COc2cccc(C(F)(F)F)c2)[C@H](O)C[C@@H]1O. The van der Waals surface area contributed by atoms with E-state index in [0.717, 1.165) is 12.1 Å². The average Bonchev–Trinajstić information content (AvgIpc) is 3.02. The normalized spacial score (nSPS) is 24.5. The van der Waals surface area contributed by atoms with Gasteiger partial charge in [0.1, 0.15) is 5.75 Å². The number of carboxylic acid groups (broad SMARTS) is 1. The predicted molar refractivity (Wildman–Crippen MR) is 116 cm³/mol. The summed E-state index contributed by atoms with van der Waals surface area (Å²) in [6.07, 6.45) is 3.12. The monoisotopic (exact) mass is 472 g/mol. The fourth-order valence-corrected chi connectivity index (χ4v) is 3.87. The maximum Gasteiger partial charge on any atom is 0.416 e. The highest BCUT2D eigenvalue weighted by molar-refractivity contribution is 5.66. The maximum absolute atomic E-state index is 12.8. The van der Waals surface area contributed by atoms with E-state index in [1.807, 2.05) is 12.2 Å². The largest absolute Gasteiger partial charge is 0.493 e. The molecule has 1 fully saturated rings. The first-order valence-electron chi connectivity index (χ1n) is 10.9. The number of rotatable bonds is 12. The Labute approximate surface area is 191 Å². The zero-order valence-corrected chi connectivity index (χ0v) is 18.2. The van der Waals surface area contributed by atoms with Crippen LogP contribution in [0.1, 0.15) is 37.7 Å². The van der Waals surface area contributed by atoms with Gasteiger partial charge in [0, 0.05) is 24.7 Å². The van der Waals surface area contributed by atoms with Crippen LogP contribution < -0.4 is 4.74 Å². The molecule has 184 valence electrons. The van der Waals surface area contributed by atoms with E-state index in [0.29, 0.717) is 19.3 Å². The summed E-state index contributed by atoms with van der Waals surface area (Å²) >= 11 is 0. The summed E-state index contributed by atoms with van der Waals surface area (Å²) in [5, 5.41) is 38.9. The maximum atomic E-state index is 12.8. The molecule has 0 radical (unpaired) electrons. The Morgan fingerprint density at radius 2 is 1.97 bits per heavy atom. The minimum atomic E-state index is -4.48. The third-order valence-electron chi connectivity index (χ3n) is 5.72. The molecule has 1 aliphatic carbocycles. The number of unbranched alkanes of at least 4 members (excludes halogenated alkanes) is 1. The molecule has 0 aliphatic heterocycles. The fourth-order valence-electron chi connectivity index (χ4n) is 3.87. The molecule has 0 saturated heterocycles. The summed E-state index contributed by atoms with van der Waals surface area (Å²) in [6.45, 7) is -0.344. The molecule has 1 saturated carbocycles. The number of ether oxygens (including phenoxy) is 1. The molecule has 5 atom stereocenters. The van der Waals surface area contributed by atoms with Gasteiger partial charge in [-0.15, -0.1) is 0 Å². The van der Waals surface area contributed by atoms with E-state index < -0.39 is 35.8 Å². The Hall–Kier alpha value is -2.36. The van der Waals surface area contributed by atoms with E-state index in [4.69, 9.17) is 9.84 Å². The number of alkyl halides is 3. The van der Waals surface area contributed by atoms with Crippen molar-refractivity contribution in [3.8, 4) is 5.75 Å². The van der Waals surface area contributed by atoms with Gasteiger partial charge in [-0.2, -0.15) is 13.2 Å². The molecule has 6 nitrogen and oxygen atoms in total. The van der Waals surface area contributed by atoms with Gasteiger partial charge in [0.25, 0.3) is 0 Å². The molecule has 4 N–H and O–H groups in total. The number of hydrogen-bond acceptors (Lipinski definition) is 5. The highest BCUT2D eigenvalue weighted by atomic mass is 19.4. The molecule has 0 amide bonds. The van der Waals surface area contributed by atoms with E-state index in [1.165, 1.54) is 12.1 Å². The van der Waals surface area contributed by atoms with Crippen LogP contribution in [0.5, 0.6) is 5.75 Å². The van der Waals surface area contributed by atoms with Crippen molar-refractivity contribution < 1.29 is 43.1 Å². The number of aliphatic hydroxyl groups is 3. The van der Waals surface area contributed by atoms with E-state index in [2.05, 4.69) is 0 Å². The van der Waals surface area contributed by atoms with Crippen molar-refractivity contribution in [3.63, 3.8) is 0 Å². The van der Waals surface area contributed by atoms with Crippen molar-refractivity contribution in [2.24, 2.45) is 17.8 Å². The summed E-state index contributed by atoms with van der Waals surface area (Å²) in [4.78, 5) is 10.5. The summed E-state index contributed by atoms with van der Waals surface area (Å²) in [5.41, 5.74) is -0.821. The van der Waals surface area contributed by atoms with Gasteiger partial charge in [0.05, 0.1) is 31.0 Å². The van der Waals surface area contributed by atoms with Crippen LogP contribution in [0.3, 0.4) is 0 Å². The number of carboxylic acids is 1. The number of aliphatic carboxylic acids is 1. The number of hydrogen-bond donors (Lipinski definition) is 4. The molecule has 1 aliphatic rings. The second-order valence-corrected chi connectivity index (χ2v) is 8.27. The molecule has 2 rings (SSSR count). The number of carbonyl (C=O) groups is 1. The molecule has 0 heterocycles. The molecule has 1 aromatic rings. The fraction of sp³-hybridized carbons (Fsp3) is 0.542. The van der Waals surface area contributed by atoms with E-state index in [-0.39, 0.29) is 43.6 Å². The lowest BCUT2D eigenvalue weighted by Crippen LogP contribution is -2.21. The Kier molecular flexibility index (Phi) is 10.4. The molecule has 0 spiro atoms. The van der Waals surface area contributed by atoms with Crippen LogP contribution in [0.25, 0.3) is 0 Å². The third-order valence-corrected chi connectivity index (χ3v) is 5.72. The minimum absolute atomic E-state index is 0.0407. The van der Waals surface area contributed by atoms with Crippen molar-refractivity contribution in [2.75, 3.05) is 13.2 Å². The van der Waals surface area contributed by atoms with E-state index in [9.17, 15) is 33.3 Å². The summed E-state index contributed by atoms with van der Waals surface area (Å²) < 4.78 is 43.9. The molecule has 0 aromatic heterocycles. The molecular formula is C24H31F3O6. The first-order valence-corrected chi connectivity index (χ1v) is 10.9. The van der Waals surface area contributed by atoms with Gasteiger partial charge in [-0.25, -0.2) is 0 Å². The number of aliphatic hydroxyl groups excluding tert-OH is 3. The van der Waals surface area contributed by atoms with Gasteiger partial charge in [-0.1, -0.05) is 30.4 Å². The Bertz CT molecular complexity index is 808. The number of allylic oxidation sites excluding steroid dienone is 2. The second-order valence-electron chi connectivity index (χ2n) is 8.27. The molecule has 33 heavy (non-hydrogen) atoms. The lowest BCUT2D eigenvalue weighted by molar-refractivity contribution is -0.138. The van der Waals surface area contributed by atoms with Gasteiger partial charge in [-0.3, -0.25) is 4.79 Å². The molecular weight excluding hydrogens is 441 g/mol.